The first-order valence-corrected chi connectivity index (χ1v) is 17.8. The molecule has 41 heavy (non-hydrogen) atoms. The molecule has 0 radical (unpaired) electrons. The summed E-state index contributed by atoms with van der Waals surface area (Å²) in [7, 11) is -0.698. The van der Waals surface area contributed by atoms with E-state index in [9.17, 15) is 19.0 Å². The molecule has 0 aromatic rings. The molecule has 0 saturated heterocycles. The van der Waals surface area contributed by atoms with Crippen LogP contribution in [-0.2, 0) is 32.7 Å². The summed E-state index contributed by atoms with van der Waals surface area (Å²) in [6.45, 7) is 4.26. The van der Waals surface area contributed by atoms with E-state index in [0.717, 1.165) is 32.1 Å². The van der Waals surface area contributed by atoms with Gasteiger partial charge < -0.3 is 19.3 Å². The lowest BCUT2D eigenvalue weighted by atomic mass is 10.1. The Kier molecular flexibility index (Phi) is 27.1. The highest BCUT2D eigenvalue weighted by atomic mass is 31.2. The van der Waals surface area contributed by atoms with Crippen molar-refractivity contribution in [2.45, 2.75) is 148 Å². The standard InChI is InChI=1S/C31H62NO8P/c1-5-7-9-11-13-15-17-19-21-23-30(33)37-27-29(28-39-41(35,36)38-26-25-32(3)4)40-31(34)24-22-20-18-16-14-12-10-8-6-2/h29H,5-28H2,1-4H3,(H,35,36). The highest BCUT2D eigenvalue weighted by molar-refractivity contribution is 7.47. The molecule has 0 spiro atoms. The summed E-state index contributed by atoms with van der Waals surface area (Å²) in [5.74, 6) is -0.805. The number of phosphoric ester groups is 1. The lowest BCUT2D eigenvalue weighted by molar-refractivity contribution is -0.161. The summed E-state index contributed by atoms with van der Waals surface area (Å²) in [6.07, 6.45) is 20.2. The smallest absolute Gasteiger partial charge is 0.462 e. The van der Waals surface area contributed by atoms with E-state index in [1.807, 2.05) is 19.0 Å². The van der Waals surface area contributed by atoms with Gasteiger partial charge in [-0.25, -0.2) is 4.57 Å². The van der Waals surface area contributed by atoms with Gasteiger partial charge >= 0.3 is 19.8 Å². The molecule has 0 aliphatic heterocycles. The topological polar surface area (TPSA) is 112 Å². The number of likely N-dealkylation sites (N-methyl/N-ethyl adjacent to an activating group) is 1. The predicted octanol–water partition coefficient (Wildman–Crippen LogP) is 7.98. The summed E-state index contributed by atoms with van der Waals surface area (Å²) in [5.41, 5.74) is 0. The quantitative estimate of drug-likeness (QED) is 0.0493. The molecule has 10 heteroatoms. The van der Waals surface area contributed by atoms with Gasteiger partial charge in [0.05, 0.1) is 13.2 Å². The summed E-state index contributed by atoms with van der Waals surface area (Å²) in [4.78, 5) is 36.5. The highest BCUT2D eigenvalue weighted by Gasteiger charge is 2.26. The molecule has 0 aromatic carbocycles. The van der Waals surface area contributed by atoms with Crippen LogP contribution in [0.25, 0.3) is 0 Å². The number of carbonyl (C=O) groups is 2. The first-order valence-electron chi connectivity index (χ1n) is 16.3. The number of ether oxygens (including phenoxy) is 2. The zero-order valence-electron chi connectivity index (χ0n) is 26.7. The fourth-order valence-corrected chi connectivity index (χ4v) is 5.07. The number of hydrogen-bond donors (Lipinski definition) is 1. The van der Waals surface area contributed by atoms with Crippen LogP contribution in [0.4, 0.5) is 0 Å². The van der Waals surface area contributed by atoms with Crippen LogP contribution in [-0.4, -0.2) is 68.3 Å². The Hall–Kier alpha value is -0.990. The van der Waals surface area contributed by atoms with Crippen molar-refractivity contribution in [3.8, 4) is 0 Å². The molecule has 0 aliphatic rings. The number of rotatable bonds is 30. The molecule has 2 atom stereocenters. The Morgan fingerprint density at radius 2 is 1.10 bits per heavy atom. The van der Waals surface area contributed by atoms with Gasteiger partial charge in [0.15, 0.2) is 6.10 Å². The Morgan fingerprint density at radius 3 is 1.56 bits per heavy atom. The Morgan fingerprint density at radius 1 is 0.659 bits per heavy atom. The molecule has 0 aromatic heterocycles. The maximum atomic E-state index is 12.4. The zero-order valence-corrected chi connectivity index (χ0v) is 27.6. The van der Waals surface area contributed by atoms with Crippen molar-refractivity contribution in [1.82, 2.24) is 4.90 Å². The number of unbranched alkanes of at least 4 members (excludes halogenated alkanes) is 16. The number of nitrogens with zero attached hydrogens (tertiary/aromatic N) is 1. The summed E-state index contributed by atoms with van der Waals surface area (Å²) < 4.78 is 33.1. The van der Waals surface area contributed by atoms with Crippen LogP contribution in [0.5, 0.6) is 0 Å². The van der Waals surface area contributed by atoms with Crippen LogP contribution in [0.1, 0.15) is 142 Å². The third kappa shape index (κ3) is 28.9. The monoisotopic (exact) mass is 607 g/mol. The van der Waals surface area contributed by atoms with Gasteiger partial charge in [-0.15, -0.1) is 0 Å². The van der Waals surface area contributed by atoms with Gasteiger partial charge in [0, 0.05) is 19.4 Å². The van der Waals surface area contributed by atoms with Crippen LogP contribution in [0.3, 0.4) is 0 Å². The Balaban J connectivity index is 4.44. The number of carbonyl (C=O) groups excluding carboxylic acids is 2. The first-order chi connectivity index (χ1) is 19.7. The maximum absolute atomic E-state index is 12.4. The van der Waals surface area contributed by atoms with Gasteiger partial charge in [-0.2, -0.15) is 0 Å². The van der Waals surface area contributed by atoms with Crippen LogP contribution < -0.4 is 0 Å². The van der Waals surface area contributed by atoms with Crippen molar-refractivity contribution in [1.29, 1.82) is 0 Å². The van der Waals surface area contributed by atoms with E-state index < -0.39 is 26.5 Å². The summed E-state index contributed by atoms with van der Waals surface area (Å²) in [5, 5.41) is 0. The average molecular weight is 608 g/mol. The van der Waals surface area contributed by atoms with Gasteiger partial charge in [0.25, 0.3) is 0 Å². The van der Waals surface area contributed by atoms with E-state index in [4.69, 9.17) is 18.5 Å². The largest absolute Gasteiger partial charge is 0.472 e. The molecular weight excluding hydrogens is 545 g/mol. The van der Waals surface area contributed by atoms with Crippen LogP contribution in [0.2, 0.25) is 0 Å². The van der Waals surface area contributed by atoms with E-state index in [1.165, 1.54) is 77.0 Å². The fourth-order valence-electron chi connectivity index (χ4n) is 4.33. The van der Waals surface area contributed by atoms with Crippen molar-refractivity contribution in [3.05, 3.63) is 0 Å². The number of esters is 2. The second-order valence-corrected chi connectivity index (χ2v) is 12.8. The molecule has 2 unspecified atom stereocenters. The van der Waals surface area contributed by atoms with E-state index in [0.29, 0.717) is 19.4 Å². The van der Waals surface area contributed by atoms with Crippen LogP contribution >= 0.6 is 7.82 Å². The van der Waals surface area contributed by atoms with E-state index in [1.54, 1.807) is 0 Å². The normalized spacial score (nSPS) is 13.7. The minimum Gasteiger partial charge on any atom is -0.462 e. The first kappa shape index (κ1) is 40.0. The van der Waals surface area contributed by atoms with Crippen molar-refractivity contribution >= 4 is 19.8 Å². The minimum atomic E-state index is -4.33. The summed E-state index contributed by atoms with van der Waals surface area (Å²) >= 11 is 0. The van der Waals surface area contributed by atoms with Gasteiger partial charge in [0.2, 0.25) is 0 Å². The molecule has 0 bridgehead atoms. The third-order valence-corrected chi connectivity index (χ3v) is 7.90. The molecule has 0 amide bonds. The Bertz CT molecular complexity index is 677. The lowest BCUT2D eigenvalue weighted by Crippen LogP contribution is -2.29. The van der Waals surface area contributed by atoms with Gasteiger partial charge in [-0.05, 0) is 26.9 Å². The maximum Gasteiger partial charge on any atom is 0.472 e. The van der Waals surface area contributed by atoms with Crippen molar-refractivity contribution in [3.63, 3.8) is 0 Å². The van der Waals surface area contributed by atoms with Gasteiger partial charge in [0.1, 0.15) is 6.61 Å². The van der Waals surface area contributed by atoms with Gasteiger partial charge in [-0.1, -0.05) is 117 Å². The molecule has 9 nitrogen and oxygen atoms in total. The van der Waals surface area contributed by atoms with Crippen molar-refractivity contribution in [2.24, 2.45) is 0 Å². The highest BCUT2D eigenvalue weighted by Crippen LogP contribution is 2.43. The SMILES string of the molecule is CCCCCCCCCCCC(=O)OCC(COP(=O)(O)OCCN(C)C)OC(=O)CCCCCCCCCCC. The zero-order chi connectivity index (χ0) is 30.6. The molecular formula is C31H62NO8P. The lowest BCUT2D eigenvalue weighted by Gasteiger charge is -2.20. The van der Waals surface area contributed by atoms with Crippen LogP contribution in [0.15, 0.2) is 0 Å². The van der Waals surface area contributed by atoms with E-state index in [-0.39, 0.29) is 25.6 Å². The molecule has 244 valence electrons. The molecule has 0 saturated carbocycles. The van der Waals surface area contributed by atoms with Crippen molar-refractivity contribution in [2.75, 3.05) is 40.5 Å². The van der Waals surface area contributed by atoms with Crippen LogP contribution in [0, 0.1) is 0 Å². The molecule has 0 rings (SSSR count). The Labute approximate surface area is 251 Å². The minimum absolute atomic E-state index is 0.0115. The molecule has 0 aliphatic carbocycles. The fraction of sp³-hybridized carbons (Fsp3) is 0.935. The second kappa shape index (κ2) is 27.8. The average Bonchev–Trinajstić information content (AvgIpc) is 2.92. The second-order valence-electron chi connectivity index (χ2n) is 11.4. The van der Waals surface area contributed by atoms with E-state index >= 15 is 0 Å². The van der Waals surface area contributed by atoms with Gasteiger partial charge in [-0.3, -0.25) is 18.6 Å². The summed E-state index contributed by atoms with van der Waals surface area (Å²) in [6, 6.07) is 0. The van der Waals surface area contributed by atoms with E-state index in [2.05, 4.69) is 13.8 Å². The van der Waals surface area contributed by atoms with Crippen molar-refractivity contribution < 1.29 is 37.6 Å². The number of phosphoric acid groups is 1. The molecule has 1 N–H and O–H groups in total. The predicted molar refractivity (Wildman–Crippen MR) is 165 cm³/mol. The number of hydrogen-bond acceptors (Lipinski definition) is 8. The third-order valence-electron chi connectivity index (χ3n) is 6.91. The molecule has 0 fully saturated rings. The molecule has 0 heterocycles.